The van der Waals surface area contributed by atoms with Crippen LogP contribution in [-0.2, 0) is 9.63 Å². The van der Waals surface area contributed by atoms with Crippen molar-refractivity contribution in [1.82, 2.24) is 10.5 Å². The number of hydrogen-bond acceptors (Lipinski definition) is 4. The van der Waals surface area contributed by atoms with Crippen molar-refractivity contribution in [3.63, 3.8) is 0 Å². The molecule has 2 heterocycles. The number of nitrogens with one attached hydrogen (secondary N) is 1. The van der Waals surface area contributed by atoms with Crippen LogP contribution < -0.4 is 11.2 Å². The van der Waals surface area contributed by atoms with Crippen LogP contribution in [0.25, 0.3) is 0 Å². The van der Waals surface area contributed by atoms with Crippen LogP contribution in [-0.4, -0.2) is 10.9 Å². The monoisotopic (exact) mass is 205 g/mol. The molecular formula is C10H11N3O2. The molecule has 1 aliphatic rings. The maximum atomic E-state index is 10.3. The van der Waals surface area contributed by atoms with Gasteiger partial charge in [0.2, 0.25) is 0 Å². The number of primary amides is 1. The van der Waals surface area contributed by atoms with Gasteiger partial charge in [-0.2, -0.15) is 0 Å². The summed E-state index contributed by atoms with van der Waals surface area (Å²) in [7, 11) is 0. The molecule has 0 atom stereocenters. The highest BCUT2D eigenvalue weighted by Crippen LogP contribution is 1.98. The molecule has 0 saturated carbocycles. The fourth-order valence-electron chi connectivity index (χ4n) is 0.753. The van der Waals surface area contributed by atoms with Crippen molar-refractivity contribution < 1.29 is 9.63 Å². The molecule has 0 bridgehead atoms. The zero-order chi connectivity index (χ0) is 10.9. The zero-order valence-electron chi connectivity index (χ0n) is 7.96. The molecule has 0 saturated heterocycles. The lowest BCUT2D eigenvalue weighted by atomic mass is 10.3. The van der Waals surface area contributed by atoms with Crippen molar-refractivity contribution in [1.29, 1.82) is 0 Å². The van der Waals surface area contributed by atoms with E-state index < -0.39 is 5.91 Å². The number of pyridine rings is 1. The summed E-state index contributed by atoms with van der Waals surface area (Å²) in [5.41, 5.74) is 7.66. The second-order valence-corrected chi connectivity index (χ2v) is 2.53. The highest BCUT2D eigenvalue weighted by Gasteiger charge is 2.02. The molecule has 3 N–H and O–H groups in total. The van der Waals surface area contributed by atoms with Crippen LogP contribution >= 0.6 is 0 Å². The van der Waals surface area contributed by atoms with Gasteiger partial charge in [0.05, 0.1) is 5.57 Å². The van der Waals surface area contributed by atoms with Gasteiger partial charge >= 0.3 is 0 Å². The average Bonchev–Trinajstić information content (AvgIpc) is 2.33. The number of carbonyl (C=O) groups excluding carboxylic acids is 1. The maximum absolute atomic E-state index is 10.3. The van der Waals surface area contributed by atoms with Gasteiger partial charge in [0.1, 0.15) is 6.26 Å². The van der Waals surface area contributed by atoms with Crippen LogP contribution in [0.2, 0.25) is 0 Å². The predicted molar refractivity (Wildman–Crippen MR) is 54.9 cm³/mol. The SMILES string of the molecule is NC(=O)C1=CONC=C1.c1ccncc1. The van der Waals surface area contributed by atoms with Crippen molar-refractivity contribution in [2.75, 3.05) is 0 Å². The Balaban J connectivity index is 0.000000162. The Hall–Kier alpha value is -2.30. The lowest BCUT2D eigenvalue weighted by Crippen LogP contribution is -2.17. The molecule has 0 fully saturated rings. The third kappa shape index (κ3) is 4.47. The van der Waals surface area contributed by atoms with Crippen molar-refractivity contribution in [2.24, 2.45) is 5.73 Å². The van der Waals surface area contributed by atoms with Gasteiger partial charge in [0, 0.05) is 18.6 Å². The van der Waals surface area contributed by atoms with Gasteiger partial charge in [0.15, 0.2) is 0 Å². The van der Waals surface area contributed by atoms with Gasteiger partial charge in [-0.05, 0) is 18.2 Å². The highest BCUT2D eigenvalue weighted by molar-refractivity contribution is 5.94. The number of carbonyl (C=O) groups is 1. The molecule has 78 valence electrons. The van der Waals surface area contributed by atoms with Crippen LogP contribution in [0.5, 0.6) is 0 Å². The number of amides is 1. The molecule has 5 nitrogen and oxygen atoms in total. The highest BCUT2D eigenvalue weighted by atomic mass is 16.6. The maximum Gasteiger partial charge on any atom is 0.251 e. The van der Waals surface area contributed by atoms with E-state index in [-0.39, 0.29) is 0 Å². The minimum absolute atomic E-state index is 0.355. The summed E-state index contributed by atoms with van der Waals surface area (Å²) in [5, 5.41) is 0. The standard InChI is InChI=1S/C5H6N2O2.C5H5N/c6-5(8)4-1-2-7-9-3-4;1-2-4-6-5-3-1/h1-3,7H,(H2,6,8);1-5H. The number of hydrogen-bond donors (Lipinski definition) is 2. The van der Waals surface area contributed by atoms with Crippen molar-refractivity contribution in [3.05, 3.63) is 54.7 Å². The Bertz CT molecular complexity index is 333. The molecule has 1 aliphatic heterocycles. The van der Waals surface area contributed by atoms with Gasteiger partial charge in [-0.1, -0.05) is 6.07 Å². The third-order valence-corrected chi connectivity index (χ3v) is 1.44. The van der Waals surface area contributed by atoms with Crippen LogP contribution in [0.3, 0.4) is 0 Å². The van der Waals surface area contributed by atoms with E-state index in [1.54, 1.807) is 12.4 Å². The van der Waals surface area contributed by atoms with Gasteiger partial charge < -0.3 is 10.6 Å². The molecule has 2 rings (SSSR count). The quantitative estimate of drug-likeness (QED) is 0.699. The Labute approximate surface area is 87.2 Å². The van der Waals surface area contributed by atoms with E-state index in [1.165, 1.54) is 18.5 Å². The first-order valence-electron chi connectivity index (χ1n) is 4.23. The molecule has 0 unspecified atom stereocenters. The van der Waals surface area contributed by atoms with E-state index in [0.717, 1.165) is 0 Å². The van der Waals surface area contributed by atoms with E-state index in [9.17, 15) is 4.79 Å². The van der Waals surface area contributed by atoms with Crippen LogP contribution in [0.1, 0.15) is 0 Å². The molecule has 1 aromatic heterocycles. The van der Waals surface area contributed by atoms with Crippen molar-refractivity contribution in [3.8, 4) is 0 Å². The van der Waals surface area contributed by atoms with Crippen LogP contribution in [0.4, 0.5) is 0 Å². The topological polar surface area (TPSA) is 77.2 Å². The Morgan fingerprint density at radius 3 is 2.33 bits per heavy atom. The minimum Gasteiger partial charge on any atom is -0.390 e. The van der Waals surface area contributed by atoms with E-state index >= 15 is 0 Å². The number of nitrogens with two attached hydrogens (primary N) is 1. The summed E-state index contributed by atoms with van der Waals surface area (Å²) in [6.07, 6.45) is 7.77. The molecule has 1 amide bonds. The lowest BCUT2D eigenvalue weighted by Gasteiger charge is -2.04. The number of aromatic nitrogens is 1. The van der Waals surface area contributed by atoms with Crippen LogP contribution in [0, 0.1) is 0 Å². The average molecular weight is 205 g/mol. The molecule has 0 radical (unpaired) electrons. The van der Waals surface area contributed by atoms with Gasteiger partial charge in [-0.3, -0.25) is 9.78 Å². The molecule has 0 spiro atoms. The lowest BCUT2D eigenvalue weighted by molar-refractivity contribution is -0.114. The fourth-order valence-corrected chi connectivity index (χ4v) is 0.753. The second kappa shape index (κ2) is 6.20. The van der Waals surface area contributed by atoms with E-state index in [0.29, 0.717) is 5.57 Å². The van der Waals surface area contributed by atoms with Crippen LogP contribution in [0.15, 0.2) is 54.7 Å². The number of hydroxylamine groups is 1. The summed E-state index contributed by atoms with van der Waals surface area (Å²) in [4.78, 5) is 18.7. The molecule has 0 aliphatic carbocycles. The normalized spacial score (nSPS) is 12.4. The van der Waals surface area contributed by atoms with Crippen molar-refractivity contribution in [2.45, 2.75) is 0 Å². The first-order valence-corrected chi connectivity index (χ1v) is 4.23. The summed E-state index contributed by atoms with van der Waals surface area (Å²) in [6.45, 7) is 0. The van der Waals surface area contributed by atoms with E-state index in [2.05, 4.69) is 15.3 Å². The molecular weight excluding hydrogens is 194 g/mol. The van der Waals surface area contributed by atoms with Gasteiger partial charge in [-0.25, -0.2) is 5.48 Å². The Morgan fingerprint density at radius 2 is 2.07 bits per heavy atom. The minimum atomic E-state index is -0.493. The van der Waals surface area contributed by atoms with E-state index in [1.807, 2.05) is 18.2 Å². The molecule has 0 aromatic carbocycles. The predicted octanol–water partition coefficient (Wildman–Crippen LogP) is 0.486. The summed E-state index contributed by atoms with van der Waals surface area (Å²) in [6, 6.07) is 5.72. The fraction of sp³-hybridized carbons (Fsp3) is 0. The molecule has 15 heavy (non-hydrogen) atoms. The largest absolute Gasteiger partial charge is 0.390 e. The molecule has 1 aromatic rings. The summed E-state index contributed by atoms with van der Waals surface area (Å²) < 4.78 is 0. The second-order valence-electron chi connectivity index (χ2n) is 2.53. The number of nitrogens with zero attached hydrogens (tertiary/aromatic N) is 1. The third-order valence-electron chi connectivity index (χ3n) is 1.44. The Kier molecular flexibility index (Phi) is 4.45. The van der Waals surface area contributed by atoms with Crippen molar-refractivity contribution >= 4 is 5.91 Å². The zero-order valence-corrected chi connectivity index (χ0v) is 7.96. The van der Waals surface area contributed by atoms with E-state index in [4.69, 9.17) is 5.73 Å². The summed E-state index contributed by atoms with van der Waals surface area (Å²) in [5.74, 6) is -0.493. The first-order chi connectivity index (χ1) is 7.30. The van der Waals surface area contributed by atoms with Gasteiger partial charge in [0.25, 0.3) is 5.91 Å². The smallest absolute Gasteiger partial charge is 0.251 e. The number of rotatable bonds is 1. The van der Waals surface area contributed by atoms with Gasteiger partial charge in [-0.15, -0.1) is 0 Å². The first kappa shape index (κ1) is 10.8. The Morgan fingerprint density at radius 1 is 1.33 bits per heavy atom. The summed E-state index contributed by atoms with van der Waals surface area (Å²) >= 11 is 0. The molecule has 5 heteroatoms.